The number of nitrogens with zero attached hydrogens (tertiary/aromatic N) is 1. The highest BCUT2D eigenvalue weighted by Crippen LogP contribution is 2.35. The fourth-order valence-corrected chi connectivity index (χ4v) is 3.04. The molecule has 100 valence electrons. The first-order valence-electron chi connectivity index (χ1n) is 6.40. The average molecular weight is 320 g/mol. The zero-order valence-electron chi connectivity index (χ0n) is 11.3. The third-order valence-corrected chi connectivity index (χ3v) is 4.08. The molecule has 1 aliphatic rings. The van der Waals surface area contributed by atoms with Gasteiger partial charge in [-0.25, -0.2) is 0 Å². The Balaban J connectivity index is 2.30. The van der Waals surface area contributed by atoms with Gasteiger partial charge in [0, 0.05) is 28.6 Å². The first-order valence-corrected chi connectivity index (χ1v) is 7.19. The molecule has 0 aliphatic carbocycles. The van der Waals surface area contributed by atoms with Gasteiger partial charge in [0.25, 0.3) is 5.91 Å². The van der Waals surface area contributed by atoms with Crippen LogP contribution < -0.4 is 0 Å². The van der Waals surface area contributed by atoms with Crippen LogP contribution in [-0.2, 0) is 11.3 Å². The molecule has 1 saturated heterocycles. The highest BCUT2D eigenvalue weighted by Gasteiger charge is 2.40. The van der Waals surface area contributed by atoms with Gasteiger partial charge in [-0.15, -0.1) is 6.58 Å². The minimum atomic E-state index is 0.0931. The van der Waals surface area contributed by atoms with Crippen molar-refractivity contribution in [3.8, 4) is 0 Å². The Hall–Kier alpha value is -1.35. The van der Waals surface area contributed by atoms with Gasteiger partial charge in [-0.3, -0.25) is 4.79 Å². The maximum Gasteiger partial charge on any atom is 0.251 e. The van der Waals surface area contributed by atoms with Crippen molar-refractivity contribution in [2.45, 2.75) is 26.4 Å². The number of carbonyl (C=O) groups is 1. The topological polar surface area (TPSA) is 20.3 Å². The number of benzene rings is 1. The van der Waals surface area contributed by atoms with Crippen LogP contribution in [0.1, 0.15) is 19.4 Å². The molecule has 3 heteroatoms. The summed E-state index contributed by atoms with van der Waals surface area (Å²) in [6, 6.07) is 10.2. The number of likely N-dealkylation sites (tertiary alicyclic amines) is 1. The van der Waals surface area contributed by atoms with Crippen LogP contribution in [0.5, 0.6) is 0 Å². The molecule has 0 N–H and O–H groups in total. The van der Waals surface area contributed by atoms with Crippen LogP contribution in [0.3, 0.4) is 0 Å². The fraction of sp³-hybridized carbons (Fsp3) is 0.312. The molecular formula is C16H18BrNO. The van der Waals surface area contributed by atoms with E-state index in [1.807, 2.05) is 48.2 Å². The smallest absolute Gasteiger partial charge is 0.251 e. The van der Waals surface area contributed by atoms with Crippen molar-refractivity contribution in [2.75, 3.05) is 0 Å². The van der Waals surface area contributed by atoms with Crippen molar-refractivity contribution in [3.63, 3.8) is 0 Å². The third-order valence-electron chi connectivity index (χ3n) is 3.66. The second kappa shape index (κ2) is 5.74. The molecule has 0 unspecified atom stereocenters. The molecule has 19 heavy (non-hydrogen) atoms. The number of rotatable bonds is 3. The summed E-state index contributed by atoms with van der Waals surface area (Å²) in [5, 5.41) is 0. The van der Waals surface area contributed by atoms with Crippen LogP contribution in [0, 0.1) is 5.92 Å². The maximum absolute atomic E-state index is 12.5. The van der Waals surface area contributed by atoms with Crippen LogP contribution in [-0.4, -0.2) is 16.8 Å². The lowest BCUT2D eigenvalue weighted by atomic mass is 9.97. The quantitative estimate of drug-likeness (QED) is 0.611. The first kappa shape index (κ1) is 14.1. The molecule has 2 atom stereocenters. The van der Waals surface area contributed by atoms with E-state index in [0.717, 1.165) is 15.6 Å². The number of amides is 1. The molecule has 0 aromatic heterocycles. The van der Waals surface area contributed by atoms with E-state index in [4.69, 9.17) is 0 Å². The zero-order chi connectivity index (χ0) is 14.0. The molecule has 0 saturated carbocycles. The molecule has 2 rings (SSSR count). The molecule has 0 bridgehead atoms. The molecule has 1 aliphatic heterocycles. The number of hydrogen-bond donors (Lipinski definition) is 0. The molecule has 1 fully saturated rings. The van der Waals surface area contributed by atoms with Gasteiger partial charge in [0.05, 0.1) is 0 Å². The summed E-state index contributed by atoms with van der Waals surface area (Å²) in [5.41, 5.74) is 1.98. The highest BCUT2D eigenvalue weighted by atomic mass is 79.9. The largest absolute Gasteiger partial charge is 0.331 e. The standard InChI is InChI=1S/C16H18BrNO/c1-4-14-12(3)18(16(19)15(14)11(2)17)10-13-8-6-5-7-9-13/h4-9,12,14H,1,10H2,2-3H3/b15-11-/t12-,14+/m0/s1. The van der Waals surface area contributed by atoms with Gasteiger partial charge in [-0.1, -0.05) is 52.3 Å². The second-order valence-corrected chi connectivity index (χ2v) is 6.06. The van der Waals surface area contributed by atoms with Crippen molar-refractivity contribution in [1.82, 2.24) is 4.90 Å². The van der Waals surface area contributed by atoms with E-state index in [9.17, 15) is 4.79 Å². The molecule has 1 amide bonds. The summed E-state index contributed by atoms with van der Waals surface area (Å²) >= 11 is 3.45. The molecule has 1 heterocycles. The van der Waals surface area contributed by atoms with Crippen molar-refractivity contribution in [3.05, 3.63) is 58.6 Å². The number of carbonyl (C=O) groups excluding carboxylic acids is 1. The summed E-state index contributed by atoms with van der Waals surface area (Å²) in [6.07, 6.45) is 1.87. The van der Waals surface area contributed by atoms with Crippen LogP contribution in [0.25, 0.3) is 0 Å². The molecule has 1 aromatic rings. The summed E-state index contributed by atoms with van der Waals surface area (Å²) in [5.74, 6) is 0.200. The predicted octanol–water partition coefficient (Wildman–Crippen LogP) is 3.89. The highest BCUT2D eigenvalue weighted by molar-refractivity contribution is 9.11. The zero-order valence-corrected chi connectivity index (χ0v) is 12.9. The normalized spacial score (nSPS) is 25.6. The fourth-order valence-electron chi connectivity index (χ4n) is 2.61. The molecule has 0 radical (unpaired) electrons. The Bertz CT molecular complexity index is 517. The molecule has 2 nitrogen and oxygen atoms in total. The Morgan fingerprint density at radius 3 is 2.53 bits per heavy atom. The molecule has 1 aromatic carbocycles. The van der Waals surface area contributed by atoms with E-state index < -0.39 is 0 Å². The predicted molar refractivity (Wildman–Crippen MR) is 81.8 cm³/mol. The lowest BCUT2D eigenvalue weighted by Gasteiger charge is -2.23. The van der Waals surface area contributed by atoms with E-state index in [2.05, 4.69) is 29.4 Å². The van der Waals surface area contributed by atoms with Crippen molar-refractivity contribution >= 4 is 21.8 Å². The number of halogens is 1. The van der Waals surface area contributed by atoms with Gasteiger partial charge >= 0.3 is 0 Å². The third kappa shape index (κ3) is 2.66. The van der Waals surface area contributed by atoms with Gasteiger partial charge in [0.1, 0.15) is 0 Å². The lowest BCUT2D eigenvalue weighted by Crippen LogP contribution is -2.32. The van der Waals surface area contributed by atoms with Crippen molar-refractivity contribution in [2.24, 2.45) is 5.92 Å². The minimum Gasteiger partial charge on any atom is -0.331 e. The van der Waals surface area contributed by atoms with Gasteiger partial charge in [-0.05, 0) is 19.4 Å². The van der Waals surface area contributed by atoms with Gasteiger partial charge < -0.3 is 4.90 Å². The first-order chi connectivity index (χ1) is 9.06. The number of hydrogen-bond acceptors (Lipinski definition) is 1. The van der Waals surface area contributed by atoms with Gasteiger partial charge in [0.2, 0.25) is 0 Å². The summed E-state index contributed by atoms with van der Waals surface area (Å²) in [4.78, 5) is 14.4. The van der Waals surface area contributed by atoms with Gasteiger partial charge in [-0.2, -0.15) is 0 Å². The average Bonchev–Trinajstić information content (AvgIpc) is 2.64. The second-order valence-electron chi connectivity index (χ2n) is 4.87. The van der Waals surface area contributed by atoms with E-state index in [-0.39, 0.29) is 17.9 Å². The Morgan fingerprint density at radius 2 is 2.05 bits per heavy atom. The summed E-state index contributed by atoms with van der Waals surface area (Å²) in [6.45, 7) is 8.51. The Kier molecular flexibility index (Phi) is 4.25. The lowest BCUT2D eigenvalue weighted by molar-refractivity contribution is -0.126. The summed E-state index contributed by atoms with van der Waals surface area (Å²) in [7, 11) is 0. The Labute approximate surface area is 122 Å². The molecular weight excluding hydrogens is 302 g/mol. The van der Waals surface area contributed by atoms with E-state index in [0.29, 0.717) is 6.54 Å². The van der Waals surface area contributed by atoms with E-state index >= 15 is 0 Å². The maximum atomic E-state index is 12.5. The SMILES string of the molecule is C=C[C@H]1/C(=C(\C)Br)C(=O)N(Cc2ccccc2)[C@H]1C. The van der Waals surface area contributed by atoms with Crippen LogP contribution >= 0.6 is 15.9 Å². The van der Waals surface area contributed by atoms with Crippen molar-refractivity contribution in [1.29, 1.82) is 0 Å². The van der Waals surface area contributed by atoms with E-state index in [1.54, 1.807) is 0 Å². The van der Waals surface area contributed by atoms with Crippen LogP contribution in [0.4, 0.5) is 0 Å². The number of allylic oxidation sites excluding steroid dienone is 1. The van der Waals surface area contributed by atoms with Crippen LogP contribution in [0.15, 0.2) is 53.0 Å². The van der Waals surface area contributed by atoms with Gasteiger partial charge in [0.15, 0.2) is 0 Å². The van der Waals surface area contributed by atoms with Crippen LogP contribution in [0.2, 0.25) is 0 Å². The van der Waals surface area contributed by atoms with Crippen molar-refractivity contribution < 1.29 is 4.79 Å². The van der Waals surface area contributed by atoms with E-state index in [1.165, 1.54) is 0 Å². The Morgan fingerprint density at radius 1 is 1.42 bits per heavy atom. The molecule has 0 spiro atoms. The minimum absolute atomic E-state index is 0.0931. The monoisotopic (exact) mass is 319 g/mol. The summed E-state index contributed by atoms with van der Waals surface area (Å²) < 4.78 is 0.907.